The third-order valence-corrected chi connectivity index (χ3v) is 4.37. The summed E-state index contributed by atoms with van der Waals surface area (Å²) in [5.41, 5.74) is 0.559. The van der Waals surface area contributed by atoms with Crippen LogP contribution in [0.15, 0.2) is 47.6 Å². The van der Waals surface area contributed by atoms with Crippen molar-refractivity contribution in [2.75, 3.05) is 12.4 Å². The molecule has 0 radical (unpaired) electrons. The minimum Gasteiger partial charge on any atom is -0.491 e. The maximum Gasteiger partial charge on any atom is 0.214 e. The van der Waals surface area contributed by atoms with Crippen LogP contribution in [0.25, 0.3) is 5.69 Å². The lowest BCUT2D eigenvalue weighted by atomic mass is 10.3. The molecule has 0 aliphatic heterocycles. The third-order valence-electron chi connectivity index (χ3n) is 2.96. The van der Waals surface area contributed by atoms with E-state index >= 15 is 0 Å². The molecule has 0 amide bonds. The minimum atomic E-state index is -0.348. The van der Waals surface area contributed by atoms with Gasteiger partial charge in [0.05, 0.1) is 17.3 Å². The summed E-state index contributed by atoms with van der Waals surface area (Å²) < 4.78 is 20.4. The SMILES string of the molecule is Fc1cccc(-n2nnnc2SCCOc2ccc(Cl)cc2Cl)c1. The van der Waals surface area contributed by atoms with Gasteiger partial charge in [-0.1, -0.05) is 41.0 Å². The van der Waals surface area contributed by atoms with Crippen LogP contribution in [0.4, 0.5) is 4.39 Å². The quantitative estimate of drug-likeness (QED) is 0.468. The van der Waals surface area contributed by atoms with E-state index in [0.717, 1.165) is 0 Å². The molecule has 0 aliphatic rings. The first-order valence-corrected chi connectivity index (χ1v) is 8.62. The van der Waals surface area contributed by atoms with Crippen LogP contribution >= 0.6 is 35.0 Å². The molecule has 0 unspecified atom stereocenters. The smallest absolute Gasteiger partial charge is 0.214 e. The number of tetrazole rings is 1. The monoisotopic (exact) mass is 384 g/mol. The Bertz CT molecular complexity index is 846. The number of nitrogens with zero attached hydrogens (tertiary/aromatic N) is 4. The lowest BCUT2D eigenvalue weighted by Crippen LogP contribution is -2.03. The molecule has 124 valence electrons. The number of aromatic nitrogens is 4. The lowest BCUT2D eigenvalue weighted by molar-refractivity contribution is 0.344. The van der Waals surface area contributed by atoms with Crippen LogP contribution in [0.3, 0.4) is 0 Å². The summed E-state index contributed by atoms with van der Waals surface area (Å²) in [4.78, 5) is 0. The van der Waals surface area contributed by atoms with Crippen molar-refractivity contribution in [3.8, 4) is 11.4 Å². The van der Waals surface area contributed by atoms with Crippen molar-refractivity contribution in [1.29, 1.82) is 0 Å². The van der Waals surface area contributed by atoms with Gasteiger partial charge in [-0.15, -0.1) is 5.10 Å². The Morgan fingerprint density at radius 3 is 2.83 bits per heavy atom. The fourth-order valence-corrected chi connectivity index (χ4v) is 3.09. The van der Waals surface area contributed by atoms with Crippen molar-refractivity contribution in [2.24, 2.45) is 0 Å². The predicted molar refractivity (Wildman–Crippen MR) is 91.8 cm³/mol. The number of halogens is 3. The number of benzene rings is 2. The van der Waals surface area contributed by atoms with Crippen molar-refractivity contribution in [3.05, 3.63) is 58.3 Å². The summed E-state index contributed by atoms with van der Waals surface area (Å²) in [5.74, 6) is 0.806. The molecule has 2 aromatic carbocycles. The van der Waals surface area contributed by atoms with Crippen molar-refractivity contribution in [2.45, 2.75) is 5.16 Å². The molecule has 1 aromatic heterocycles. The Morgan fingerprint density at radius 1 is 1.17 bits per heavy atom. The third kappa shape index (κ3) is 4.17. The Morgan fingerprint density at radius 2 is 2.04 bits per heavy atom. The number of ether oxygens (including phenoxy) is 1. The first-order chi connectivity index (χ1) is 11.6. The summed E-state index contributed by atoms with van der Waals surface area (Å²) in [6, 6.07) is 11.1. The summed E-state index contributed by atoms with van der Waals surface area (Å²) in [5, 5.41) is 13.0. The van der Waals surface area contributed by atoms with E-state index < -0.39 is 0 Å². The molecule has 24 heavy (non-hydrogen) atoms. The largest absolute Gasteiger partial charge is 0.491 e. The second-order valence-corrected chi connectivity index (χ2v) is 6.53. The highest BCUT2D eigenvalue weighted by molar-refractivity contribution is 7.99. The van der Waals surface area contributed by atoms with E-state index in [1.165, 1.54) is 28.6 Å². The van der Waals surface area contributed by atoms with E-state index in [1.54, 1.807) is 30.3 Å². The molecular formula is C15H11Cl2FN4OS. The van der Waals surface area contributed by atoms with E-state index in [1.807, 2.05) is 0 Å². The van der Waals surface area contributed by atoms with Crippen molar-refractivity contribution < 1.29 is 9.13 Å². The summed E-state index contributed by atoms with van der Waals surface area (Å²) in [7, 11) is 0. The number of hydrogen-bond acceptors (Lipinski definition) is 5. The molecule has 0 aliphatic carbocycles. The Hall–Kier alpha value is -1.83. The second kappa shape index (κ2) is 7.83. The number of rotatable bonds is 6. The highest BCUT2D eigenvalue weighted by atomic mass is 35.5. The number of hydrogen-bond donors (Lipinski definition) is 0. The Kier molecular flexibility index (Phi) is 5.55. The average Bonchev–Trinajstić information content (AvgIpc) is 3.02. The summed E-state index contributed by atoms with van der Waals surface area (Å²) >= 11 is 13.3. The van der Waals surface area contributed by atoms with Crippen LogP contribution < -0.4 is 4.74 Å². The van der Waals surface area contributed by atoms with Gasteiger partial charge in [0.2, 0.25) is 5.16 Å². The van der Waals surface area contributed by atoms with Crippen LogP contribution in [0.1, 0.15) is 0 Å². The van der Waals surface area contributed by atoms with E-state index in [4.69, 9.17) is 27.9 Å². The molecule has 0 N–H and O–H groups in total. The fraction of sp³-hybridized carbons (Fsp3) is 0.133. The molecule has 0 saturated heterocycles. The highest BCUT2D eigenvalue weighted by Gasteiger charge is 2.10. The minimum absolute atomic E-state index is 0.348. The van der Waals surface area contributed by atoms with Crippen LogP contribution in [-0.4, -0.2) is 32.6 Å². The van der Waals surface area contributed by atoms with Gasteiger partial charge in [0.25, 0.3) is 0 Å². The van der Waals surface area contributed by atoms with Crippen LogP contribution in [0, 0.1) is 5.82 Å². The second-order valence-electron chi connectivity index (χ2n) is 4.62. The Balaban J connectivity index is 1.59. The summed E-state index contributed by atoms with van der Waals surface area (Å²) in [6.45, 7) is 0.405. The molecule has 9 heteroatoms. The fourth-order valence-electron chi connectivity index (χ4n) is 1.92. The van der Waals surface area contributed by atoms with E-state index in [2.05, 4.69) is 15.5 Å². The summed E-state index contributed by atoms with van der Waals surface area (Å²) in [6.07, 6.45) is 0. The number of thioether (sulfide) groups is 1. The molecular weight excluding hydrogens is 374 g/mol. The van der Waals surface area contributed by atoms with Crippen molar-refractivity contribution >= 4 is 35.0 Å². The Labute approximate surface area is 151 Å². The zero-order valence-corrected chi connectivity index (χ0v) is 14.5. The van der Waals surface area contributed by atoms with Crippen LogP contribution in [-0.2, 0) is 0 Å². The molecule has 1 heterocycles. The van der Waals surface area contributed by atoms with Crippen molar-refractivity contribution in [3.63, 3.8) is 0 Å². The first-order valence-electron chi connectivity index (χ1n) is 6.88. The molecule has 5 nitrogen and oxygen atoms in total. The standard InChI is InChI=1S/C15H11Cl2FN4OS/c16-10-4-5-14(13(17)8-10)23-6-7-24-15-19-20-21-22(15)12-3-1-2-11(18)9-12/h1-5,8-9H,6-7H2. The molecule has 0 saturated carbocycles. The van der Waals surface area contributed by atoms with Gasteiger partial charge in [-0.2, -0.15) is 4.68 Å². The maximum atomic E-state index is 13.3. The van der Waals surface area contributed by atoms with Gasteiger partial charge in [0, 0.05) is 10.8 Å². The van der Waals surface area contributed by atoms with Crippen LogP contribution in [0.5, 0.6) is 5.75 Å². The molecule has 0 spiro atoms. The predicted octanol–water partition coefficient (Wildman–Crippen LogP) is 4.28. The van der Waals surface area contributed by atoms with Gasteiger partial charge in [-0.25, -0.2) is 4.39 Å². The molecule has 0 bridgehead atoms. The molecule has 0 fully saturated rings. The van der Waals surface area contributed by atoms with Gasteiger partial charge in [-0.05, 0) is 46.8 Å². The first kappa shape index (κ1) is 17.0. The topological polar surface area (TPSA) is 52.8 Å². The van der Waals surface area contributed by atoms with Crippen LogP contribution in [0.2, 0.25) is 10.0 Å². The van der Waals surface area contributed by atoms with Gasteiger partial charge in [0.1, 0.15) is 11.6 Å². The van der Waals surface area contributed by atoms with Gasteiger partial charge < -0.3 is 4.74 Å². The normalized spacial score (nSPS) is 10.8. The molecule has 3 aromatic rings. The van der Waals surface area contributed by atoms with Crippen molar-refractivity contribution in [1.82, 2.24) is 20.2 Å². The average molecular weight is 385 g/mol. The zero-order chi connectivity index (χ0) is 16.9. The molecule has 3 rings (SSSR count). The van der Waals surface area contributed by atoms with Gasteiger partial charge in [0.15, 0.2) is 0 Å². The van der Waals surface area contributed by atoms with E-state index in [9.17, 15) is 4.39 Å². The highest BCUT2D eigenvalue weighted by Crippen LogP contribution is 2.28. The van der Waals surface area contributed by atoms with Gasteiger partial charge in [-0.3, -0.25) is 0 Å². The molecule has 0 atom stereocenters. The maximum absolute atomic E-state index is 13.3. The van der Waals surface area contributed by atoms with Gasteiger partial charge >= 0.3 is 0 Å². The zero-order valence-electron chi connectivity index (χ0n) is 12.2. The lowest BCUT2D eigenvalue weighted by Gasteiger charge is -2.08. The van der Waals surface area contributed by atoms with E-state index in [-0.39, 0.29) is 5.82 Å². The van der Waals surface area contributed by atoms with E-state index in [0.29, 0.717) is 39.0 Å².